The Morgan fingerprint density at radius 1 is 0.970 bits per heavy atom. The number of benzene rings is 2. The Labute approximate surface area is 195 Å². The zero-order chi connectivity index (χ0) is 25.3. The van der Waals surface area contributed by atoms with E-state index in [4.69, 9.17) is 0 Å². The van der Waals surface area contributed by atoms with Gasteiger partial charge >= 0.3 is 18.7 Å². The van der Waals surface area contributed by atoms with Crippen molar-refractivity contribution in [1.29, 1.82) is 0 Å². The molecule has 2 aromatic carbocycles. The molecule has 0 aliphatic heterocycles. The Hall–Kier alpha value is -2.69. The maximum Gasteiger partial charge on any atom is 0.461 e. The second-order valence-corrected chi connectivity index (χ2v) is 7.79. The second kappa shape index (κ2) is 9.66. The van der Waals surface area contributed by atoms with Gasteiger partial charge in [0.25, 0.3) is 11.4 Å². The highest BCUT2D eigenvalue weighted by Gasteiger charge is 2.44. The van der Waals surface area contributed by atoms with Crippen LogP contribution in [0.4, 0.5) is 47.8 Å². The summed E-state index contributed by atoms with van der Waals surface area (Å²) in [5, 5.41) is 24.5. The van der Waals surface area contributed by atoms with E-state index in [0.29, 0.717) is 6.07 Å². The molecule has 0 atom stereocenters. The summed E-state index contributed by atoms with van der Waals surface area (Å²) < 4.78 is 95.5. The van der Waals surface area contributed by atoms with Gasteiger partial charge in [-0.3, -0.25) is 20.2 Å². The van der Waals surface area contributed by atoms with Crippen LogP contribution < -0.4 is 10.1 Å². The maximum atomic E-state index is 13.5. The van der Waals surface area contributed by atoms with Gasteiger partial charge in [-0.25, -0.2) is 0 Å². The van der Waals surface area contributed by atoms with Gasteiger partial charge in [-0.05, 0) is 37.9 Å². The lowest BCUT2D eigenvalue weighted by atomic mass is 10.0. The third-order valence-electron chi connectivity index (χ3n) is 3.90. The number of hydrogen-bond donors (Lipinski definition) is 1. The number of ether oxygens (including phenoxy) is 1. The first-order valence-electron chi connectivity index (χ1n) is 8.15. The summed E-state index contributed by atoms with van der Waals surface area (Å²) in [6.45, 7) is -0.950. The van der Waals surface area contributed by atoms with Gasteiger partial charge in [0.1, 0.15) is 5.75 Å². The van der Waals surface area contributed by atoms with Crippen LogP contribution in [0.5, 0.6) is 5.75 Å². The number of anilines is 1. The number of alkyl halides is 7. The Bertz CT molecular complexity index is 1100. The molecule has 0 unspecified atom stereocenters. The van der Waals surface area contributed by atoms with Crippen LogP contribution in [0.15, 0.2) is 33.2 Å². The molecule has 0 aliphatic carbocycles. The van der Waals surface area contributed by atoms with Crippen LogP contribution in [0.2, 0.25) is 0 Å². The molecule has 180 valence electrons. The molecule has 8 nitrogen and oxygen atoms in total. The lowest BCUT2D eigenvalue weighted by molar-refractivity contribution is -0.395. The van der Waals surface area contributed by atoms with Gasteiger partial charge in [-0.2, -0.15) is 30.7 Å². The van der Waals surface area contributed by atoms with Crippen molar-refractivity contribution >= 4 is 48.9 Å². The van der Waals surface area contributed by atoms with E-state index < -0.39 is 63.4 Å². The fraction of sp³-hybridized carbons (Fsp3) is 0.250. The summed E-state index contributed by atoms with van der Waals surface area (Å²) in [5.74, 6) is -0.819. The lowest BCUT2D eigenvalue weighted by Gasteiger charge is -2.20. The predicted molar refractivity (Wildman–Crippen MR) is 106 cm³/mol. The molecule has 0 radical (unpaired) electrons. The summed E-state index contributed by atoms with van der Waals surface area (Å²) in [6.07, 6.45) is -14.3. The van der Waals surface area contributed by atoms with Crippen molar-refractivity contribution in [2.75, 3.05) is 5.32 Å². The predicted octanol–water partition coefficient (Wildman–Crippen LogP) is 6.90. The molecular weight excluding hydrogens is 607 g/mol. The summed E-state index contributed by atoms with van der Waals surface area (Å²) in [7, 11) is 0. The first kappa shape index (κ1) is 26.6. The van der Waals surface area contributed by atoms with Crippen molar-refractivity contribution in [1.82, 2.24) is 0 Å². The standard InChI is InChI=1S/C16H8Br2F7N3O5/c17-9-3-10(18)13(33-16(24,25)14(19)20)4-11(9)26-5-7-8(15(21,22)23)1-6(27(29)30)2-12(7)28(31)32/h1-4,14,26H,5H2. The molecule has 0 amide bonds. The van der Waals surface area contributed by atoms with Crippen molar-refractivity contribution in [3.63, 3.8) is 0 Å². The summed E-state index contributed by atoms with van der Waals surface area (Å²) >= 11 is 5.78. The van der Waals surface area contributed by atoms with E-state index in [1.165, 1.54) is 0 Å². The van der Waals surface area contributed by atoms with Gasteiger partial charge in [0.05, 0.1) is 37.2 Å². The smallest absolute Gasteiger partial charge is 0.427 e. The molecule has 0 heterocycles. The van der Waals surface area contributed by atoms with Crippen LogP contribution in [0.1, 0.15) is 11.1 Å². The number of non-ortho nitro benzene ring substituents is 1. The van der Waals surface area contributed by atoms with E-state index in [0.717, 1.165) is 12.1 Å². The van der Waals surface area contributed by atoms with Crippen molar-refractivity contribution in [3.8, 4) is 5.75 Å². The van der Waals surface area contributed by atoms with Crippen LogP contribution in [-0.4, -0.2) is 22.4 Å². The molecule has 0 aliphatic rings. The molecule has 0 saturated heterocycles. The van der Waals surface area contributed by atoms with Crippen LogP contribution in [-0.2, 0) is 12.7 Å². The fourth-order valence-electron chi connectivity index (χ4n) is 2.47. The second-order valence-electron chi connectivity index (χ2n) is 6.08. The zero-order valence-corrected chi connectivity index (χ0v) is 18.6. The summed E-state index contributed by atoms with van der Waals surface area (Å²) in [4.78, 5) is 19.7. The molecule has 17 heteroatoms. The molecular formula is C16H8Br2F7N3O5. The number of halogens is 9. The summed E-state index contributed by atoms with van der Waals surface area (Å²) in [6, 6.07) is 2.22. The van der Waals surface area contributed by atoms with Crippen molar-refractivity contribution in [2.45, 2.75) is 25.3 Å². The molecule has 0 aromatic heterocycles. The van der Waals surface area contributed by atoms with Gasteiger partial charge in [0.15, 0.2) is 0 Å². The van der Waals surface area contributed by atoms with E-state index in [9.17, 15) is 51.0 Å². The van der Waals surface area contributed by atoms with E-state index in [-0.39, 0.29) is 20.7 Å². The van der Waals surface area contributed by atoms with Crippen LogP contribution >= 0.6 is 31.9 Å². The number of nitro groups is 2. The van der Waals surface area contributed by atoms with Gasteiger partial charge in [-0.15, -0.1) is 0 Å². The van der Waals surface area contributed by atoms with Crippen molar-refractivity contribution < 1.29 is 45.3 Å². The Morgan fingerprint density at radius 3 is 2.06 bits per heavy atom. The van der Waals surface area contributed by atoms with Gasteiger partial charge in [-0.1, -0.05) is 0 Å². The summed E-state index contributed by atoms with van der Waals surface area (Å²) in [5.41, 5.74) is -5.33. The molecule has 0 saturated carbocycles. The topological polar surface area (TPSA) is 108 Å². The van der Waals surface area contributed by atoms with E-state index in [2.05, 4.69) is 41.9 Å². The highest BCUT2D eigenvalue weighted by Crippen LogP contribution is 2.41. The van der Waals surface area contributed by atoms with E-state index in [1.807, 2.05) is 0 Å². The highest BCUT2D eigenvalue weighted by atomic mass is 79.9. The first-order valence-corrected chi connectivity index (χ1v) is 9.74. The van der Waals surface area contributed by atoms with Crippen molar-refractivity contribution in [3.05, 3.63) is 64.6 Å². The molecule has 0 bridgehead atoms. The van der Waals surface area contributed by atoms with Gasteiger partial charge in [0, 0.05) is 23.2 Å². The van der Waals surface area contributed by atoms with Crippen LogP contribution in [0.3, 0.4) is 0 Å². The molecule has 1 N–H and O–H groups in total. The number of nitrogens with one attached hydrogen (secondary N) is 1. The Kier molecular flexibility index (Phi) is 7.78. The van der Waals surface area contributed by atoms with Crippen LogP contribution in [0.25, 0.3) is 0 Å². The number of nitro benzene ring substituents is 2. The zero-order valence-electron chi connectivity index (χ0n) is 15.4. The molecule has 33 heavy (non-hydrogen) atoms. The largest absolute Gasteiger partial charge is 0.461 e. The minimum absolute atomic E-state index is 0.0280. The van der Waals surface area contributed by atoms with Crippen LogP contribution in [0, 0.1) is 20.2 Å². The van der Waals surface area contributed by atoms with Gasteiger partial charge < -0.3 is 10.1 Å². The number of rotatable bonds is 8. The fourth-order valence-corrected chi connectivity index (χ4v) is 3.68. The first-order chi connectivity index (χ1) is 15.0. The molecule has 2 rings (SSSR count). The van der Waals surface area contributed by atoms with Gasteiger partial charge in [0.2, 0.25) is 0 Å². The maximum absolute atomic E-state index is 13.5. The molecule has 0 spiro atoms. The average molecular weight is 615 g/mol. The Morgan fingerprint density at radius 2 is 1.58 bits per heavy atom. The third kappa shape index (κ3) is 6.21. The minimum Gasteiger partial charge on any atom is -0.427 e. The minimum atomic E-state index is -5.22. The highest BCUT2D eigenvalue weighted by molar-refractivity contribution is 9.11. The third-order valence-corrected chi connectivity index (χ3v) is 5.18. The van der Waals surface area contributed by atoms with Crippen molar-refractivity contribution in [2.24, 2.45) is 0 Å². The SMILES string of the molecule is O=[N+]([O-])c1cc([N+](=O)[O-])c(CNc2cc(OC(F)(F)C(F)F)c(Br)cc2Br)c(C(F)(F)F)c1. The Balaban J connectivity index is 2.52. The average Bonchev–Trinajstić information content (AvgIpc) is 2.67. The number of hydrogen-bond acceptors (Lipinski definition) is 6. The van der Waals surface area contributed by atoms with E-state index in [1.54, 1.807) is 0 Å². The quantitative estimate of drug-likeness (QED) is 0.197. The normalized spacial score (nSPS) is 12.1. The van der Waals surface area contributed by atoms with E-state index >= 15 is 0 Å². The number of nitrogens with zero attached hydrogens (tertiary/aromatic N) is 2. The molecule has 2 aromatic rings. The lowest BCUT2D eigenvalue weighted by Crippen LogP contribution is -2.33. The molecule has 0 fully saturated rings. The monoisotopic (exact) mass is 613 g/mol.